The summed E-state index contributed by atoms with van der Waals surface area (Å²) in [6, 6.07) is 7.16. The maximum absolute atomic E-state index is 4.37. The Morgan fingerprint density at radius 2 is 2.00 bits per heavy atom. The molecule has 1 saturated heterocycles. The summed E-state index contributed by atoms with van der Waals surface area (Å²) in [5.74, 6) is 1.09. The van der Waals surface area contributed by atoms with Crippen molar-refractivity contribution in [3.8, 4) is 0 Å². The molecule has 1 N–H and O–H groups in total. The third kappa shape index (κ3) is 2.04. The number of aromatic nitrogens is 1. The summed E-state index contributed by atoms with van der Waals surface area (Å²) in [6.45, 7) is 6.51. The second-order valence-electron chi connectivity index (χ2n) is 4.06. The molecule has 0 aliphatic carbocycles. The highest BCUT2D eigenvalue weighted by atomic mass is 15.2. The van der Waals surface area contributed by atoms with Gasteiger partial charge < -0.3 is 10.2 Å². The summed E-state index contributed by atoms with van der Waals surface area (Å²) in [6.07, 6.45) is 1.85. The molecule has 0 radical (unpaired) electrons. The Kier molecular flexibility index (Phi) is 2.68. The minimum absolute atomic E-state index is 0.542. The third-order valence-electron chi connectivity index (χ3n) is 2.53. The van der Waals surface area contributed by atoms with E-state index in [1.54, 1.807) is 0 Å². The zero-order chi connectivity index (χ0) is 9.97. The fourth-order valence-electron chi connectivity index (χ4n) is 2.05. The Morgan fingerprint density at radius 1 is 1.29 bits per heavy atom. The van der Waals surface area contributed by atoms with Crippen LogP contribution in [0.25, 0.3) is 0 Å². The minimum Gasteiger partial charge on any atom is -0.354 e. The summed E-state index contributed by atoms with van der Waals surface area (Å²) in [5, 5.41) is 3.51. The van der Waals surface area contributed by atoms with Crippen molar-refractivity contribution in [2.45, 2.75) is 25.9 Å². The fraction of sp³-hybridized carbons (Fsp3) is 0.545. The van der Waals surface area contributed by atoms with Gasteiger partial charge in [-0.3, -0.25) is 0 Å². The number of hydrogen-bond acceptors (Lipinski definition) is 3. The van der Waals surface area contributed by atoms with E-state index in [0.717, 1.165) is 18.9 Å². The molecule has 14 heavy (non-hydrogen) atoms. The number of pyridine rings is 1. The maximum Gasteiger partial charge on any atom is 0.128 e. The van der Waals surface area contributed by atoms with E-state index < -0.39 is 0 Å². The van der Waals surface area contributed by atoms with Gasteiger partial charge in [0, 0.05) is 31.4 Å². The van der Waals surface area contributed by atoms with Crippen LogP contribution in [0.1, 0.15) is 13.8 Å². The first kappa shape index (κ1) is 9.46. The van der Waals surface area contributed by atoms with E-state index >= 15 is 0 Å². The molecule has 2 unspecified atom stereocenters. The lowest BCUT2D eigenvalue weighted by Gasteiger charge is -2.36. The molecule has 0 amide bonds. The Balaban J connectivity index is 2.11. The zero-order valence-corrected chi connectivity index (χ0v) is 8.77. The number of nitrogens with one attached hydrogen (secondary N) is 1. The monoisotopic (exact) mass is 191 g/mol. The van der Waals surface area contributed by atoms with Crippen molar-refractivity contribution < 1.29 is 0 Å². The van der Waals surface area contributed by atoms with Crippen LogP contribution < -0.4 is 10.2 Å². The van der Waals surface area contributed by atoms with Crippen molar-refractivity contribution in [2.75, 3.05) is 18.0 Å². The van der Waals surface area contributed by atoms with E-state index in [-0.39, 0.29) is 0 Å². The molecule has 1 aromatic rings. The van der Waals surface area contributed by atoms with Crippen molar-refractivity contribution in [1.82, 2.24) is 10.3 Å². The summed E-state index contributed by atoms with van der Waals surface area (Å²) >= 11 is 0. The average Bonchev–Trinajstić information content (AvgIpc) is 2.18. The first-order valence-corrected chi connectivity index (χ1v) is 5.18. The van der Waals surface area contributed by atoms with Gasteiger partial charge in [0.05, 0.1) is 0 Å². The molecular weight excluding hydrogens is 174 g/mol. The molecule has 2 heterocycles. The first-order valence-electron chi connectivity index (χ1n) is 5.18. The smallest absolute Gasteiger partial charge is 0.128 e. The Morgan fingerprint density at radius 3 is 2.57 bits per heavy atom. The van der Waals surface area contributed by atoms with Crippen LogP contribution >= 0.6 is 0 Å². The Hall–Kier alpha value is -1.09. The van der Waals surface area contributed by atoms with E-state index in [9.17, 15) is 0 Å². The fourth-order valence-corrected chi connectivity index (χ4v) is 2.05. The van der Waals surface area contributed by atoms with Crippen LogP contribution in [0.5, 0.6) is 0 Å². The summed E-state index contributed by atoms with van der Waals surface area (Å²) in [4.78, 5) is 6.71. The van der Waals surface area contributed by atoms with Gasteiger partial charge in [0.1, 0.15) is 5.82 Å². The van der Waals surface area contributed by atoms with E-state index in [0.29, 0.717) is 12.1 Å². The lowest BCUT2D eigenvalue weighted by atomic mass is 10.1. The van der Waals surface area contributed by atoms with Gasteiger partial charge in [0.15, 0.2) is 0 Å². The van der Waals surface area contributed by atoms with E-state index in [4.69, 9.17) is 0 Å². The second kappa shape index (κ2) is 3.96. The maximum atomic E-state index is 4.37. The van der Waals surface area contributed by atoms with Crippen LogP contribution in [0, 0.1) is 0 Å². The van der Waals surface area contributed by atoms with Crippen LogP contribution in [0.3, 0.4) is 0 Å². The average molecular weight is 191 g/mol. The van der Waals surface area contributed by atoms with Gasteiger partial charge in [-0.05, 0) is 26.0 Å². The van der Waals surface area contributed by atoms with Gasteiger partial charge in [-0.15, -0.1) is 0 Å². The van der Waals surface area contributed by atoms with Crippen molar-refractivity contribution in [3.05, 3.63) is 24.4 Å². The Labute approximate surface area is 85.1 Å². The predicted molar refractivity (Wildman–Crippen MR) is 58.5 cm³/mol. The molecule has 2 atom stereocenters. The van der Waals surface area contributed by atoms with Crippen molar-refractivity contribution in [3.63, 3.8) is 0 Å². The normalized spacial score (nSPS) is 27.7. The molecular formula is C11H17N3. The molecule has 0 saturated carbocycles. The summed E-state index contributed by atoms with van der Waals surface area (Å²) < 4.78 is 0. The quantitative estimate of drug-likeness (QED) is 0.724. The standard InChI is InChI=1S/C11H17N3/c1-9-7-14(8-10(2)13-9)11-5-3-4-6-12-11/h3-6,9-10,13H,7-8H2,1-2H3. The van der Waals surface area contributed by atoms with Gasteiger partial charge in [-0.25, -0.2) is 4.98 Å². The lowest BCUT2D eigenvalue weighted by Crippen LogP contribution is -2.54. The van der Waals surface area contributed by atoms with Crippen molar-refractivity contribution in [2.24, 2.45) is 0 Å². The molecule has 2 rings (SSSR count). The highest BCUT2D eigenvalue weighted by Crippen LogP contribution is 2.13. The van der Waals surface area contributed by atoms with Crippen molar-refractivity contribution in [1.29, 1.82) is 0 Å². The molecule has 3 heteroatoms. The summed E-state index contributed by atoms with van der Waals surface area (Å²) in [7, 11) is 0. The zero-order valence-electron chi connectivity index (χ0n) is 8.77. The molecule has 3 nitrogen and oxygen atoms in total. The van der Waals surface area contributed by atoms with Crippen molar-refractivity contribution >= 4 is 5.82 Å². The lowest BCUT2D eigenvalue weighted by molar-refractivity contribution is 0.405. The molecule has 0 aromatic carbocycles. The highest BCUT2D eigenvalue weighted by molar-refractivity contribution is 5.38. The van der Waals surface area contributed by atoms with Gasteiger partial charge in [-0.2, -0.15) is 0 Å². The van der Waals surface area contributed by atoms with E-state index in [2.05, 4.69) is 35.1 Å². The van der Waals surface area contributed by atoms with Gasteiger partial charge >= 0.3 is 0 Å². The van der Waals surface area contributed by atoms with Crippen LogP contribution in [0.4, 0.5) is 5.82 Å². The molecule has 1 aliphatic heterocycles. The number of anilines is 1. The van der Waals surface area contributed by atoms with Gasteiger partial charge in [0.25, 0.3) is 0 Å². The Bertz CT molecular complexity index is 276. The molecule has 76 valence electrons. The predicted octanol–water partition coefficient (Wildman–Crippen LogP) is 1.27. The first-order chi connectivity index (χ1) is 6.75. The largest absolute Gasteiger partial charge is 0.354 e. The van der Waals surface area contributed by atoms with E-state index in [1.807, 2.05) is 18.3 Å². The SMILES string of the molecule is CC1CN(c2ccccn2)CC(C)N1. The number of hydrogen-bond donors (Lipinski definition) is 1. The van der Waals surface area contributed by atoms with Crippen LogP contribution in [-0.4, -0.2) is 30.2 Å². The van der Waals surface area contributed by atoms with E-state index in [1.165, 1.54) is 0 Å². The van der Waals surface area contributed by atoms with Crippen LogP contribution in [-0.2, 0) is 0 Å². The number of nitrogens with zero attached hydrogens (tertiary/aromatic N) is 2. The summed E-state index contributed by atoms with van der Waals surface area (Å²) in [5.41, 5.74) is 0. The molecule has 1 aliphatic rings. The molecule has 1 aromatic heterocycles. The molecule has 0 bridgehead atoms. The number of piperazine rings is 1. The third-order valence-corrected chi connectivity index (χ3v) is 2.53. The molecule has 0 spiro atoms. The molecule has 1 fully saturated rings. The van der Waals surface area contributed by atoms with Crippen LogP contribution in [0.15, 0.2) is 24.4 Å². The minimum atomic E-state index is 0.542. The number of rotatable bonds is 1. The second-order valence-corrected chi connectivity index (χ2v) is 4.06. The van der Waals surface area contributed by atoms with Crippen LogP contribution in [0.2, 0.25) is 0 Å². The van der Waals surface area contributed by atoms with Gasteiger partial charge in [-0.1, -0.05) is 6.07 Å². The topological polar surface area (TPSA) is 28.2 Å². The highest BCUT2D eigenvalue weighted by Gasteiger charge is 2.21. The van der Waals surface area contributed by atoms with Gasteiger partial charge in [0.2, 0.25) is 0 Å².